The minimum Gasteiger partial charge on any atom is -0.490 e. The van der Waals surface area contributed by atoms with Crippen LogP contribution in [-0.4, -0.2) is 17.5 Å². The van der Waals surface area contributed by atoms with Crippen LogP contribution in [-0.2, 0) is 4.79 Å². The third-order valence-electron chi connectivity index (χ3n) is 2.37. The zero-order chi connectivity index (χ0) is 11.5. The molecule has 1 amide bonds. The average Bonchev–Trinajstić information content (AvgIpc) is 2.99. The van der Waals surface area contributed by atoms with Crippen molar-refractivity contribution in [2.75, 3.05) is 17.7 Å². The van der Waals surface area contributed by atoms with Gasteiger partial charge in [-0.15, -0.1) is 12.4 Å². The van der Waals surface area contributed by atoms with Crippen LogP contribution in [0.5, 0.6) is 5.75 Å². The third kappa shape index (κ3) is 4.11. The molecule has 1 heterocycles. The van der Waals surface area contributed by atoms with E-state index in [9.17, 15) is 4.79 Å². The van der Waals surface area contributed by atoms with Crippen molar-refractivity contribution in [3.8, 4) is 5.75 Å². The summed E-state index contributed by atoms with van der Waals surface area (Å²) in [4.78, 5) is 14.9. The number of halogens is 1. The molecule has 6 heteroatoms. The molecule has 0 spiro atoms. The smallest absolute Gasteiger partial charge is 0.222 e. The molecule has 0 aromatic carbocycles. The fourth-order valence-corrected chi connectivity index (χ4v) is 1.32. The Kier molecular flexibility index (Phi) is 4.57. The Balaban J connectivity index is 0.00000144. The molecule has 1 saturated carbocycles. The molecule has 2 rings (SSSR count). The lowest BCUT2D eigenvalue weighted by Gasteiger charge is -2.09. The van der Waals surface area contributed by atoms with Crippen LogP contribution in [0.2, 0.25) is 0 Å². The lowest BCUT2D eigenvalue weighted by atomic mass is 10.3. The number of rotatable bonds is 4. The van der Waals surface area contributed by atoms with E-state index in [1.807, 2.05) is 0 Å². The molecule has 3 N–H and O–H groups in total. The number of amides is 1. The van der Waals surface area contributed by atoms with Gasteiger partial charge in [0, 0.05) is 13.0 Å². The number of nitrogens with one attached hydrogen (secondary N) is 1. The number of carbonyl (C=O) groups excluding carboxylic acids is 1. The molecule has 1 aromatic rings. The van der Waals surface area contributed by atoms with E-state index in [4.69, 9.17) is 10.5 Å². The molecule has 0 radical (unpaired) electrons. The molecule has 1 fully saturated rings. The van der Waals surface area contributed by atoms with Gasteiger partial charge < -0.3 is 15.8 Å². The van der Waals surface area contributed by atoms with Crippen LogP contribution in [0.3, 0.4) is 0 Å². The Labute approximate surface area is 106 Å². The Morgan fingerprint density at radius 2 is 2.35 bits per heavy atom. The van der Waals surface area contributed by atoms with Crippen molar-refractivity contribution in [2.24, 2.45) is 5.92 Å². The first-order valence-corrected chi connectivity index (χ1v) is 5.31. The van der Waals surface area contributed by atoms with Crippen LogP contribution >= 0.6 is 12.4 Å². The lowest BCUT2D eigenvalue weighted by Crippen LogP contribution is -2.09. The molecule has 0 unspecified atom stereocenters. The number of pyridine rings is 1. The van der Waals surface area contributed by atoms with Crippen LogP contribution in [0.15, 0.2) is 12.3 Å². The van der Waals surface area contributed by atoms with E-state index in [1.165, 1.54) is 19.8 Å². The first kappa shape index (κ1) is 13.6. The standard InChI is InChI=1S/C11H15N3O2.ClH/c1-7(15)14-11-4-9(12)10(5-13-11)16-6-8-2-3-8;/h4-5,8H,2-3,6H2,1H3,(H3,12,13,14,15);1H. The molecule has 0 atom stereocenters. The van der Waals surface area contributed by atoms with Gasteiger partial charge in [-0.2, -0.15) is 0 Å². The van der Waals surface area contributed by atoms with Crippen LogP contribution in [0.25, 0.3) is 0 Å². The van der Waals surface area contributed by atoms with Crippen molar-refractivity contribution in [1.82, 2.24) is 4.98 Å². The highest BCUT2D eigenvalue weighted by atomic mass is 35.5. The van der Waals surface area contributed by atoms with Crippen molar-refractivity contribution in [3.05, 3.63) is 12.3 Å². The normalized spacial score (nSPS) is 13.7. The van der Waals surface area contributed by atoms with Gasteiger partial charge in [0.05, 0.1) is 18.5 Å². The number of carbonyl (C=O) groups is 1. The minimum atomic E-state index is -0.168. The van der Waals surface area contributed by atoms with Gasteiger partial charge >= 0.3 is 0 Å². The van der Waals surface area contributed by atoms with Crippen molar-refractivity contribution in [1.29, 1.82) is 0 Å². The minimum absolute atomic E-state index is 0. The van der Waals surface area contributed by atoms with E-state index in [-0.39, 0.29) is 18.3 Å². The maximum Gasteiger partial charge on any atom is 0.222 e. The summed E-state index contributed by atoms with van der Waals surface area (Å²) in [5.74, 6) is 1.54. The molecule has 1 aromatic heterocycles. The number of ether oxygens (including phenoxy) is 1. The molecular weight excluding hydrogens is 242 g/mol. The quantitative estimate of drug-likeness (QED) is 0.863. The number of nitrogens with two attached hydrogens (primary N) is 1. The summed E-state index contributed by atoms with van der Waals surface area (Å²) < 4.78 is 5.52. The van der Waals surface area contributed by atoms with Gasteiger partial charge in [-0.25, -0.2) is 4.98 Å². The van der Waals surface area contributed by atoms with E-state index in [0.717, 1.165) is 0 Å². The fraction of sp³-hybridized carbons (Fsp3) is 0.455. The van der Waals surface area contributed by atoms with Gasteiger partial charge in [-0.05, 0) is 18.8 Å². The van der Waals surface area contributed by atoms with E-state index < -0.39 is 0 Å². The predicted molar refractivity (Wildman–Crippen MR) is 68.4 cm³/mol. The monoisotopic (exact) mass is 257 g/mol. The molecule has 1 aliphatic carbocycles. The summed E-state index contributed by atoms with van der Waals surface area (Å²) in [6.45, 7) is 2.13. The second-order valence-corrected chi connectivity index (χ2v) is 4.04. The zero-order valence-corrected chi connectivity index (χ0v) is 10.4. The largest absolute Gasteiger partial charge is 0.490 e. The summed E-state index contributed by atoms with van der Waals surface area (Å²) in [7, 11) is 0. The molecule has 1 aliphatic rings. The van der Waals surface area contributed by atoms with Crippen molar-refractivity contribution in [3.63, 3.8) is 0 Å². The number of hydrogen-bond acceptors (Lipinski definition) is 4. The molecule has 17 heavy (non-hydrogen) atoms. The first-order valence-electron chi connectivity index (χ1n) is 5.31. The molecule has 5 nitrogen and oxygen atoms in total. The van der Waals surface area contributed by atoms with E-state index in [2.05, 4.69) is 10.3 Å². The van der Waals surface area contributed by atoms with E-state index in [1.54, 1.807) is 12.3 Å². The highest BCUT2D eigenvalue weighted by Crippen LogP contribution is 2.31. The summed E-state index contributed by atoms with van der Waals surface area (Å²) >= 11 is 0. The molecule has 0 aliphatic heterocycles. The maximum absolute atomic E-state index is 10.8. The Hall–Kier alpha value is -1.49. The van der Waals surface area contributed by atoms with Gasteiger partial charge in [-0.3, -0.25) is 4.79 Å². The first-order chi connectivity index (χ1) is 7.65. The van der Waals surface area contributed by atoms with Crippen LogP contribution in [0, 0.1) is 5.92 Å². The average molecular weight is 258 g/mol. The number of anilines is 2. The lowest BCUT2D eigenvalue weighted by molar-refractivity contribution is -0.114. The molecule has 94 valence electrons. The van der Waals surface area contributed by atoms with Gasteiger partial charge in [0.1, 0.15) is 5.82 Å². The van der Waals surface area contributed by atoms with Crippen LogP contribution in [0.1, 0.15) is 19.8 Å². The van der Waals surface area contributed by atoms with Gasteiger partial charge in [0.25, 0.3) is 0 Å². The highest BCUT2D eigenvalue weighted by molar-refractivity contribution is 5.88. The maximum atomic E-state index is 10.8. The SMILES string of the molecule is CC(=O)Nc1cc(N)c(OCC2CC2)cn1.Cl. The van der Waals surface area contributed by atoms with E-state index in [0.29, 0.717) is 29.8 Å². The topological polar surface area (TPSA) is 77.2 Å². The number of hydrogen-bond donors (Lipinski definition) is 2. The summed E-state index contributed by atoms with van der Waals surface area (Å²) in [6.07, 6.45) is 4.01. The van der Waals surface area contributed by atoms with Crippen LogP contribution < -0.4 is 15.8 Å². The van der Waals surface area contributed by atoms with E-state index >= 15 is 0 Å². The Morgan fingerprint density at radius 1 is 1.65 bits per heavy atom. The van der Waals surface area contributed by atoms with Crippen molar-refractivity contribution in [2.45, 2.75) is 19.8 Å². The van der Waals surface area contributed by atoms with Gasteiger partial charge in [0.15, 0.2) is 5.75 Å². The molecule has 0 bridgehead atoms. The number of nitrogens with zero attached hydrogens (tertiary/aromatic N) is 1. The molecular formula is C11H16ClN3O2. The second kappa shape index (κ2) is 5.72. The van der Waals surface area contributed by atoms with Crippen molar-refractivity contribution < 1.29 is 9.53 Å². The summed E-state index contributed by atoms with van der Waals surface area (Å²) in [5.41, 5.74) is 6.29. The Morgan fingerprint density at radius 3 is 2.88 bits per heavy atom. The van der Waals surface area contributed by atoms with Crippen LogP contribution in [0.4, 0.5) is 11.5 Å². The third-order valence-corrected chi connectivity index (χ3v) is 2.37. The summed E-state index contributed by atoms with van der Waals surface area (Å²) in [5, 5.41) is 2.56. The number of nitrogen functional groups attached to an aromatic ring is 1. The van der Waals surface area contributed by atoms with Crippen molar-refractivity contribution >= 4 is 29.8 Å². The van der Waals surface area contributed by atoms with Gasteiger partial charge in [0.2, 0.25) is 5.91 Å². The zero-order valence-electron chi connectivity index (χ0n) is 9.60. The predicted octanol–water partition coefficient (Wildman–Crippen LogP) is 1.83. The Bertz CT molecular complexity index is 408. The number of aromatic nitrogens is 1. The second-order valence-electron chi connectivity index (χ2n) is 4.04. The van der Waals surface area contributed by atoms with Gasteiger partial charge in [-0.1, -0.05) is 0 Å². The fourth-order valence-electron chi connectivity index (χ4n) is 1.32. The summed E-state index contributed by atoms with van der Waals surface area (Å²) in [6, 6.07) is 1.60. The molecule has 0 saturated heterocycles. The highest BCUT2D eigenvalue weighted by Gasteiger charge is 2.22.